The standard InChI is InChI=1S/C19H20N4O4/c1-11-17(24)22-15-14(8-9-20-16(15)21-11)26-12-6-5-7-13(10-12)27-18(25)23-19(2,3)4/h5-10H,1-4H3,(H,22,24)(H,23,25). The Labute approximate surface area is 155 Å². The maximum absolute atomic E-state index is 11.9. The largest absolute Gasteiger partial charge is 0.455 e. The molecule has 2 N–H and O–H groups in total. The number of fused-ring (bicyclic) bond motifs is 1. The van der Waals surface area contributed by atoms with Crippen molar-refractivity contribution in [3.63, 3.8) is 0 Å². The van der Waals surface area contributed by atoms with Gasteiger partial charge >= 0.3 is 6.09 Å². The van der Waals surface area contributed by atoms with Crippen LogP contribution >= 0.6 is 0 Å². The lowest BCUT2D eigenvalue weighted by Crippen LogP contribution is -2.42. The second-order valence-corrected chi connectivity index (χ2v) is 7.00. The first-order valence-corrected chi connectivity index (χ1v) is 8.35. The van der Waals surface area contributed by atoms with Crippen LogP contribution < -0.4 is 20.3 Å². The molecule has 0 aliphatic carbocycles. The first-order valence-electron chi connectivity index (χ1n) is 8.35. The third kappa shape index (κ3) is 4.60. The van der Waals surface area contributed by atoms with E-state index >= 15 is 0 Å². The van der Waals surface area contributed by atoms with Crippen LogP contribution in [0.3, 0.4) is 0 Å². The Morgan fingerprint density at radius 3 is 2.67 bits per heavy atom. The van der Waals surface area contributed by atoms with E-state index in [0.29, 0.717) is 34.1 Å². The number of nitrogens with zero attached hydrogens (tertiary/aromatic N) is 2. The lowest BCUT2D eigenvalue weighted by atomic mass is 10.1. The van der Waals surface area contributed by atoms with E-state index in [2.05, 4.69) is 20.3 Å². The van der Waals surface area contributed by atoms with E-state index in [1.807, 2.05) is 20.8 Å². The Morgan fingerprint density at radius 1 is 1.19 bits per heavy atom. The number of carbonyl (C=O) groups excluding carboxylic acids is 1. The molecule has 0 fully saturated rings. The number of rotatable bonds is 3. The summed E-state index contributed by atoms with van der Waals surface area (Å²) in [5.41, 5.74) is 0.383. The minimum atomic E-state index is -0.557. The zero-order valence-corrected chi connectivity index (χ0v) is 15.5. The van der Waals surface area contributed by atoms with E-state index in [0.717, 1.165) is 0 Å². The van der Waals surface area contributed by atoms with E-state index in [-0.39, 0.29) is 5.56 Å². The fourth-order valence-corrected chi connectivity index (χ4v) is 2.30. The van der Waals surface area contributed by atoms with Crippen LogP contribution in [0.2, 0.25) is 0 Å². The molecular formula is C19H20N4O4. The van der Waals surface area contributed by atoms with Crippen LogP contribution in [0, 0.1) is 6.92 Å². The van der Waals surface area contributed by atoms with Gasteiger partial charge in [0.15, 0.2) is 11.4 Å². The van der Waals surface area contributed by atoms with Crippen molar-refractivity contribution in [1.82, 2.24) is 20.3 Å². The Balaban J connectivity index is 1.85. The van der Waals surface area contributed by atoms with Crippen LogP contribution in [0.1, 0.15) is 26.5 Å². The molecule has 0 bridgehead atoms. The highest BCUT2D eigenvalue weighted by Gasteiger charge is 2.15. The maximum Gasteiger partial charge on any atom is 0.413 e. The molecule has 0 saturated heterocycles. The van der Waals surface area contributed by atoms with Crippen molar-refractivity contribution >= 4 is 17.3 Å². The van der Waals surface area contributed by atoms with Crippen LogP contribution in [0.4, 0.5) is 4.79 Å². The van der Waals surface area contributed by atoms with Gasteiger partial charge in [-0.3, -0.25) is 4.79 Å². The average molecular weight is 368 g/mol. The van der Waals surface area contributed by atoms with Gasteiger partial charge in [0.1, 0.15) is 22.7 Å². The minimum Gasteiger partial charge on any atom is -0.455 e. The number of aryl methyl sites for hydroxylation is 1. The molecule has 0 atom stereocenters. The van der Waals surface area contributed by atoms with Crippen molar-refractivity contribution in [3.05, 3.63) is 52.6 Å². The van der Waals surface area contributed by atoms with Crippen LogP contribution in [0.5, 0.6) is 17.2 Å². The predicted molar refractivity (Wildman–Crippen MR) is 100 cm³/mol. The van der Waals surface area contributed by atoms with Crippen LogP contribution in [-0.2, 0) is 0 Å². The number of hydrogen-bond acceptors (Lipinski definition) is 6. The van der Waals surface area contributed by atoms with Gasteiger partial charge in [0.2, 0.25) is 0 Å². The number of carbonyl (C=O) groups is 1. The van der Waals surface area contributed by atoms with Gasteiger partial charge in [0.05, 0.1) is 0 Å². The van der Waals surface area contributed by atoms with E-state index in [1.165, 1.54) is 0 Å². The van der Waals surface area contributed by atoms with Crippen LogP contribution in [-0.4, -0.2) is 26.6 Å². The summed E-state index contributed by atoms with van der Waals surface area (Å²) in [7, 11) is 0. The number of benzene rings is 1. The van der Waals surface area contributed by atoms with Gasteiger partial charge in [-0.15, -0.1) is 0 Å². The zero-order valence-electron chi connectivity index (χ0n) is 15.5. The molecule has 3 aromatic rings. The van der Waals surface area contributed by atoms with Crippen molar-refractivity contribution in [1.29, 1.82) is 0 Å². The number of nitrogens with one attached hydrogen (secondary N) is 2. The Hall–Kier alpha value is -3.42. The minimum absolute atomic E-state index is 0.309. The van der Waals surface area contributed by atoms with Crippen LogP contribution in [0.15, 0.2) is 41.3 Å². The normalized spacial score (nSPS) is 11.3. The molecule has 8 heteroatoms. The molecule has 8 nitrogen and oxygen atoms in total. The maximum atomic E-state index is 11.9. The fourth-order valence-electron chi connectivity index (χ4n) is 2.30. The number of aromatic amines is 1. The first-order chi connectivity index (χ1) is 12.7. The van der Waals surface area contributed by atoms with Crippen molar-refractivity contribution in [2.24, 2.45) is 0 Å². The van der Waals surface area contributed by atoms with E-state index in [4.69, 9.17) is 9.47 Å². The number of amides is 1. The molecule has 1 amide bonds. The lowest BCUT2D eigenvalue weighted by Gasteiger charge is -2.19. The summed E-state index contributed by atoms with van der Waals surface area (Å²) in [5.74, 6) is 1.15. The van der Waals surface area contributed by atoms with Gasteiger partial charge in [-0.2, -0.15) is 0 Å². The molecule has 0 spiro atoms. The van der Waals surface area contributed by atoms with Crippen molar-refractivity contribution in [2.75, 3.05) is 0 Å². The van der Waals surface area contributed by atoms with Crippen LogP contribution in [0.25, 0.3) is 11.2 Å². The van der Waals surface area contributed by atoms with Crippen molar-refractivity contribution in [2.45, 2.75) is 33.2 Å². The molecule has 27 heavy (non-hydrogen) atoms. The molecule has 0 aliphatic heterocycles. The number of ether oxygens (including phenoxy) is 2. The van der Waals surface area contributed by atoms with Crippen molar-refractivity contribution < 1.29 is 14.3 Å². The molecule has 2 heterocycles. The summed E-state index contributed by atoms with van der Waals surface area (Å²) < 4.78 is 11.1. The second kappa shape index (κ2) is 7.06. The van der Waals surface area contributed by atoms with E-state index in [1.54, 1.807) is 43.5 Å². The molecule has 1 aromatic carbocycles. The first kappa shape index (κ1) is 18.4. The summed E-state index contributed by atoms with van der Waals surface area (Å²) in [6.07, 6.45) is 0.984. The summed E-state index contributed by atoms with van der Waals surface area (Å²) in [6, 6.07) is 8.25. The molecule has 0 unspecified atom stereocenters. The molecule has 0 saturated carbocycles. The quantitative estimate of drug-likeness (QED) is 0.735. The Kier molecular flexibility index (Phi) is 4.81. The fraction of sp³-hybridized carbons (Fsp3) is 0.263. The average Bonchev–Trinajstić information content (AvgIpc) is 2.55. The Bertz CT molecular complexity index is 1050. The molecular weight excluding hydrogens is 348 g/mol. The summed E-state index contributed by atoms with van der Waals surface area (Å²) in [4.78, 5) is 34.8. The van der Waals surface area contributed by atoms with Gasteiger partial charge in [-0.25, -0.2) is 14.8 Å². The van der Waals surface area contributed by atoms with Gasteiger partial charge < -0.3 is 19.8 Å². The summed E-state index contributed by atoms with van der Waals surface area (Å²) in [5, 5.41) is 2.71. The summed E-state index contributed by atoms with van der Waals surface area (Å²) in [6.45, 7) is 7.19. The highest BCUT2D eigenvalue weighted by molar-refractivity contribution is 5.77. The number of pyridine rings is 1. The van der Waals surface area contributed by atoms with E-state index in [9.17, 15) is 9.59 Å². The van der Waals surface area contributed by atoms with Crippen molar-refractivity contribution in [3.8, 4) is 17.2 Å². The third-order valence-corrected chi connectivity index (χ3v) is 3.45. The van der Waals surface area contributed by atoms with Gasteiger partial charge in [0.25, 0.3) is 5.56 Å². The Morgan fingerprint density at radius 2 is 1.93 bits per heavy atom. The third-order valence-electron chi connectivity index (χ3n) is 3.45. The highest BCUT2D eigenvalue weighted by atomic mass is 16.6. The zero-order chi connectivity index (χ0) is 19.6. The highest BCUT2D eigenvalue weighted by Crippen LogP contribution is 2.28. The monoisotopic (exact) mass is 368 g/mol. The molecule has 140 valence electrons. The SMILES string of the molecule is Cc1nc2nccc(Oc3cccc(OC(=O)NC(C)(C)C)c3)c2[nH]c1=O. The summed E-state index contributed by atoms with van der Waals surface area (Å²) >= 11 is 0. The second-order valence-electron chi connectivity index (χ2n) is 7.00. The van der Waals surface area contributed by atoms with E-state index < -0.39 is 11.6 Å². The number of hydrogen-bond donors (Lipinski definition) is 2. The molecule has 0 radical (unpaired) electrons. The van der Waals surface area contributed by atoms with Gasteiger partial charge in [-0.05, 0) is 39.8 Å². The smallest absolute Gasteiger partial charge is 0.413 e. The molecule has 2 aromatic heterocycles. The predicted octanol–water partition coefficient (Wildman–Crippen LogP) is 3.31. The van der Waals surface area contributed by atoms with Gasteiger partial charge in [0, 0.05) is 23.9 Å². The topological polar surface area (TPSA) is 106 Å². The molecule has 3 rings (SSSR count). The number of aromatic nitrogens is 3. The molecule has 0 aliphatic rings. The number of H-pyrrole nitrogens is 1. The van der Waals surface area contributed by atoms with Gasteiger partial charge in [-0.1, -0.05) is 6.07 Å². The lowest BCUT2D eigenvalue weighted by molar-refractivity contribution is 0.190.